The molecule has 0 aromatic heterocycles. The summed E-state index contributed by atoms with van der Waals surface area (Å²) in [5.74, 6) is 0.208. The van der Waals surface area contributed by atoms with Crippen molar-refractivity contribution in [1.82, 2.24) is 0 Å². The number of hydrogen-bond acceptors (Lipinski definition) is 3. The summed E-state index contributed by atoms with van der Waals surface area (Å²) in [5.41, 5.74) is 0.473. The number of hydrogen-bond donors (Lipinski definition) is 1. The highest BCUT2D eigenvalue weighted by atomic mass is 79.9. The fourth-order valence-electron chi connectivity index (χ4n) is 1.07. The molecule has 0 saturated carbocycles. The highest BCUT2D eigenvalue weighted by Gasteiger charge is 2.22. The molecule has 6 heteroatoms. The highest BCUT2D eigenvalue weighted by Crippen LogP contribution is 2.36. The number of nitrogens with one attached hydrogen (secondary N) is 1. The zero-order valence-electron chi connectivity index (χ0n) is 6.45. The predicted octanol–water partition coefficient (Wildman–Crippen LogP) is 1.54. The molecule has 1 aliphatic heterocycles. The molecule has 0 atom stereocenters. The van der Waals surface area contributed by atoms with Gasteiger partial charge in [-0.25, -0.2) is 8.42 Å². The second-order valence-electron chi connectivity index (χ2n) is 2.60. The minimum atomic E-state index is -3.31. The van der Waals surface area contributed by atoms with Crippen LogP contribution in [-0.2, 0) is 10.0 Å². The fourth-order valence-corrected chi connectivity index (χ4v) is 2.38. The van der Waals surface area contributed by atoms with Gasteiger partial charge in [-0.05, 0) is 28.1 Å². The third-order valence-corrected chi connectivity index (χ3v) is 3.17. The Morgan fingerprint density at radius 1 is 1.46 bits per heavy atom. The van der Waals surface area contributed by atoms with Gasteiger partial charge in [-0.3, -0.25) is 4.72 Å². The van der Waals surface area contributed by atoms with E-state index in [1.165, 1.54) is 0 Å². The monoisotopic (exact) mass is 263 g/mol. The van der Waals surface area contributed by atoms with Gasteiger partial charge in [0.05, 0.1) is 10.2 Å². The summed E-state index contributed by atoms with van der Waals surface area (Å²) >= 11 is 3.26. The fraction of sp³-hybridized carbons (Fsp3) is 0.143. The van der Waals surface area contributed by atoms with Gasteiger partial charge < -0.3 is 4.74 Å². The van der Waals surface area contributed by atoms with E-state index in [4.69, 9.17) is 4.74 Å². The number of rotatable bonds is 0. The number of sulfonamides is 1. The standard InChI is InChI=1S/C7H6BrNO3S/c8-5-2-1-3-6-7(5)12-4-13(10,11)9-6/h1-3,9H,4H2. The van der Waals surface area contributed by atoms with E-state index in [1.54, 1.807) is 18.2 Å². The molecule has 1 heterocycles. The van der Waals surface area contributed by atoms with E-state index in [0.717, 1.165) is 4.47 Å². The van der Waals surface area contributed by atoms with Crippen LogP contribution in [0.1, 0.15) is 0 Å². The molecule has 0 unspecified atom stereocenters. The molecule has 1 aromatic rings. The second-order valence-corrected chi connectivity index (χ2v) is 5.12. The maximum Gasteiger partial charge on any atom is 0.268 e. The van der Waals surface area contributed by atoms with Gasteiger partial charge in [-0.15, -0.1) is 0 Å². The lowest BCUT2D eigenvalue weighted by atomic mass is 10.3. The first-order valence-electron chi connectivity index (χ1n) is 3.50. The Hall–Kier alpha value is -0.750. The van der Waals surface area contributed by atoms with Crippen LogP contribution in [0, 0.1) is 0 Å². The third kappa shape index (κ3) is 1.64. The van der Waals surface area contributed by atoms with Crippen molar-refractivity contribution in [3.05, 3.63) is 22.7 Å². The number of fused-ring (bicyclic) bond motifs is 1. The summed E-state index contributed by atoms with van der Waals surface area (Å²) in [6, 6.07) is 5.18. The van der Waals surface area contributed by atoms with Gasteiger partial charge in [0.2, 0.25) is 5.94 Å². The smallest absolute Gasteiger partial charge is 0.268 e. The Morgan fingerprint density at radius 2 is 2.23 bits per heavy atom. The zero-order chi connectivity index (χ0) is 9.47. The van der Waals surface area contributed by atoms with Crippen LogP contribution in [0.4, 0.5) is 5.69 Å². The molecule has 0 fully saturated rings. The van der Waals surface area contributed by atoms with E-state index in [9.17, 15) is 8.42 Å². The van der Waals surface area contributed by atoms with Gasteiger partial charge in [0.25, 0.3) is 10.0 Å². The first kappa shape index (κ1) is 8.83. The molecule has 70 valence electrons. The lowest BCUT2D eigenvalue weighted by Crippen LogP contribution is -2.25. The Kier molecular flexibility index (Phi) is 1.96. The number of benzene rings is 1. The Morgan fingerprint density at radius 3 is 3.00 bits per heavy atom. The van der Waals surface area contributed by atoms with Gasteiger partial charge in [0.1, 0.15) is 0 Å². The molecule has 13 heavy (non-hydrogen) atoms. The van der Waals surface area contributed by atoms with Crippen LogP contribution < -0.4 is 9.46 Å². The van der Waals surface area contributed by atoms with Crippen molar-refractivity contribution in [1.29, 1.82) is 0 Å². The summed E-state index contributed by atoms with van der Waals surface area (Å²) in [6.07, 6.45) is 0. The third-order valence-electron chi connectivity index (χ3n) is 1.59. The molecule has 0 aliphatic carbocycles. The molecular formula is C7H6BrNO3S. The summed E-state index contributed by atoms with van der Waals surface area (Å²) in [7, 11) is -3.31. The largest absolute Gasteiger partial charge is 0.472 e. The molecule has 0 spiro atoms. The number of halogens is 1. The van der Waals surface area contributed by atoms with E-state index in [1.807, 2.05) is 0 Å². The van der Waals surface area contributed by atoms with Crippen molar-refractivity contribution in [2.24, 2.45) is 0 Å². The molecule has 0 bridgehead atoms. The van der Waals surface area contributed by atoms with Crippen LogP contribution in [0.25, 0.3) is 0 Å². The van der Waals surface area contributed by atoms with Crippen molar-refractivity contribution in [3.63, 3.8) is 0 Å². The van der Waals surface area contributed by atoms with E-state index in [-0.39, 0.29) is 5.94 Å². The van der Waals surface area contributed by atoms with Gasteiger partial charge in [0.15, 0.2) is 5.75 Å². The second kappa shape index (κ2) is 2.88. The SMILES string of the molecule is O=S1(=O)COc2c(Br)cccc2N1. The first-order chi connectivity index (χ1) is 6.08. The van der Waals surface area contributed by atoms with Crippen LogP contribution in [0.5, 0.6) is 5.75 Å². The molecular weight excluding hydrogens is 258 g/mol. The Bertz CT molecular complexity index is 443. The molecule has 1 aromatic carbocycles. The quantitative estimate of drug-likeness (QED) is 0.773. The minimum Gasteiger partial charge on any atom is -0.472 e. The average Bonchev–Trinajstić information content (AvgIpc) is 2.02. The van der Waals surface area contributed by atoms with Gasteiger partial charge >= 0.3 is 0 Å². The van der Waals surface area contributed by atoms with Crippen LogP contribution in [-0.4, -0.2) is 14.4 Å². The average molecular weight is 264 g/mol. The number of ether oxygens (including phenoxy) is 1. The molecule has 2 rings (SSSR count). The van der Waals surface area contributed by atoms with E-state index >= 15 is 0 Å². The van der Waals surface area contributed by atoms with Crippen molar-refractivity contribution < 1.29 is 13.2 Å². The Labute approximate surface area is 84.1 Å². The highest BCUT2D eigenvalue weighted by molar-refractivity contribution is 9.10. The lowest BCUT2D eigenvalue weighted by Gasteiger charge is -2.19. The predicted molar refractivity (Wildman–Crippen MR) is 52.2 cm³/mol. The molecule has 1 aliphatic rings. The number of anilines is 1. The molecule has 0 saturated heterocycles. The summed E-state index contributed by atoms with van der Waals surface area (Å²) < 4.78 is 30.4. The van der Waals surface area contributed by atoms with E-state index in [0.29, 0.717) is 11.4 Å². The van der Waals surface area contributed by atoms with Crippen molar-refractivity contribution in [2.45, 2.75) is 0 Å². The maximum atomic E-state index is 11.1. The van der Waals surface area contributed by atoms with Crippen molar-refractivity contribution in [3.8, 4) is 5.75 Å². The van der Waals surface area contributed by atoms with E-state index in [2.05, 4.69) is 20.7 Å². The van der Waals surface area contributed by atoms with Crippen molar-refractivity contribution in [2.75, 3.05) is 10.7 Å². The molecule has 4 nitrogen and oxygen atoms in total. The summed E-state index contributed by atoms with van der Waals surface area (Å²) in [6.45, 7) is 0. The minimum absolute atomic E-state index is 0.331. The first-order valence-corrected chi connectivity index (χ1v) is 5.95. The molecule has 0 radical (unpaired) electrons. The van der Waals surface area contributed by atoms with Crippen molar-refractivity contribution >= 4 is 31.6 Å². The lowest BCUT2D eigenvalue weighted by molar-refractivity contribution is 0.372. The van der Waals surface area contributed by atoms with Crippen LogP contribution in [0.3, 0.4) is 0 Å². The number of para-hydroxylation sites is 1. The Balaban J connectivity index is 2.54. The van der Waals surface area contributed by atoms with Crippen LogP contribution in [0.15, 0.2) is 22.7 Å². The summed E-state index contributed by atoms with van der Waals surface area (Å²) in [5, 5.41) is 0. The van der Waals surface area contributed by atoms with Gasteiger partial charge in [-0.1, -0.05) is 6.07 Å². The molecule has 0 amide bonds. The maximum absolute atomic E-state index is 11.1. The summed E-state index contributed by atoms with van der Waals surface area (Å²) in [4.78, 5) is 0. The normalized spacial score (nSPS) is 18.2. The van der Waals surface area contributed by atoms with Crippen LogP contribution >= 0.6 is 15.9 Å². The zero-order valence-corrected chi connectivity index (χ0v) is 8.85. The molecule has 1 N–H and O–H groups in total. The van der Waals surface area contributed by atoms with Gasteiger partial charge in [0, 0.05) is 0 Å². The van der Waals surface area contributed by atoms with Gasteiger partial charge in [-0.2, -0.15) is 0 Å². The van der Waals surface area contributed by atoms with E-state index < -0.39 is 10.0 Å². The van der Waals surface area contributed by atoms with Crippen LogP contribution in [0.2, 0.25) is 0 Å². The topological polar surface area (TPSA) is 55.4 Å².